The van der Waals surface area contributed by atoms with Crippen LogP contribution in [0.5, 0.6) is 0 Å². The van der Waals surface area contributed by atoms with Gasteiger partial charge in [0, 0.05) is 30.3 Å². The maximum atomic E-state index is 5.84. The van der Waals surface area contributed by atoms with Crippen molar-refractivity contribution in [3.8, 4) is 0 Å². The van der Waals surface area contributed by atoms with E-state index < -0.39 is 0 Å². The van der Waals surface area contributed by atoms with Crippen molar-refractivity contribution in [3.63, 3.8) is 0 Å². The minimum absolute atomic E-state index is 0.367. The highest BCUT2D eigenvalue weighted by molar-refractivity contribution is 5.36. The molecule has 5 nitrogen and oxygen atoms in total. The van der Waals surface area contributed by atoms with Gasteiger partial charge in [-0.05, 0) is 51.7 Å². The highest BCUT2D eigenvalue weighted by atomic mass is 15.1. The van der Waals surface area contributed by atoms with E-state index in [4.69, 9.17) is 5.73 Å². The van der Waals surface area contributed by atoms with Gasteiger partial charge in [0.05, 0.1) is 0 Å². The highest BCUT2D eigenvalue weighted by Gasteiger charge is 2.28. The fourth-order valence-corrected chi connectivity index (χ4v) is 3.12. The summed E-state index contributed by atoms with van der Waals surface area (Å²) in [5.74, 6) is 1.50. The second-order valence-electron chi connectivity index (χ2n) is 6.09. The molecule has 1 saturated carbocycles. The molecule has 0 radical (unpaired) electrons. The zero-order valence-electron chi connectivity index (χ0n) is 12.1. The number of hydrogen-bond acceptors (Lipinski definition) is 5. The predicted molar refractivity (Wildman–Crippen MR) is 80.8 cm³/mol. The van der Waals surface area contributed by atoms with Crippen molar-refractivity contribution in [2.45, 2.75) is 44.1 Å². The van der Waals surface area contributed by atoms with Crippen LogP contribution in [0.1, 0.15) is 43.7 Å². The van der Waals surface area contributed by atoms with E-state index in [-0.39, 0.29) is 0 Å². The van der Waals surface area contributed by atoms with Crippen LogP contribution in [-0.4, -0.2) is 47.1 Å². The molecule has 5 heteroatoms. The Bertz CT molecular complexity index is 424. The lowest BCUT2D eigenvalue weighted by atomic mass is 9.79. The van der Waals surface area contributed by atoms with Crippen LogP contribution < -0.4 is 11.1 Å². The molecule has 110 valence electrons. The normalized spacial score (nSPS) is 26.4. The summed E-state index contributed by atoms with van der Waals surface area (Å²) in [5.41, 5.74) is 6.98. The average molecular weight is 275 g/mol. The van der Waals surface area contributed by atoms with Gasteiger partial charge in [-0.25, -0.2) is 9.97 Å². The van der Waals surface area contributed by atoms with E-state index >= 15 is 0 Å². The summed E-state index contributed by atoms with van der Waals surface area (Å²) in [5, 5.41) is 3.41. The number of anilines is 1. The summed E-state index contributed by atoms with van der Waals surface area (Å²) in [6.45, 7) is 4.73. The van der Waals surface area contributed by atoms with E-state index in [2.05, 4.69) is 26.3 Å². The Kier molecular flexibility index (Phi) is 4.47. The Morgan fingerprint density at radius 2 is 2.05 bits per heavy atom. The maximum absolute atomic E-state index is 5.84. The Hall–Kier alpha value is -1.20. The Labute approximate surface area is 121 Å². The van der Waals surface area contributed by atoms with E-state index in [1.165, 1.54) is 38.9 Å². The number of likely N-dealkylation sites (tertiary alicyclic amines) is 1. The Morgan fingerprint density at radius 3 is 2.80 bits per heavy atom. The van der Waals surface area contributed by atoms with Crippen molar-refractivity contribution >= 4 is 5.82 Å². The van der Waals surface area contributed by atoms with Gasteiger partial charge in [0.15, 0.2) is 0 Å². The summed E-state index contributed by atoms with van der Waals surface area (Å²) in [4.78, 5) is 11.2. The topological polar surface area (TPSA) is 67.1 Å². The molecule has 0 bridgehead atoms. The van der Waals surface area contributed by atoms with Gasteiger partial charge in [-0.1, -0.05) is 0 Å². The van der Waals surface area contributed by atoms with Crippen LogP contribution in [0.4, 0.5) is 5.82 Å². The van der Waals surface area contributed by atoms with Crippen molar-refractivity contribution < 1.29 is 0 Å². The minimum atomic E-state index is 0.367. The first kappa shape index (κ1) is 13.8. The zero-order valence-corrected chi connectivity index (χ0v) is 12.1. The summed E-state index contributed by atoms with van der Waals surface area (Å²) in [7, 11) is 0. The maximum Gasteiger partial charge on any atom is 0.129 e. The van der Waals surface area contributed by atoms with Crippen LogP contribution >= 0.6 is 0 Å². The van der Waals surface area contributed by atoms with E-state index in [0.717, 1.165) is 30.9 Å². The third-order valence-corrected chi connectivity index (χ3v) is 4.44. The summed E-state index contributed by atoms with van der Waals surface area (Å²) < 4.78 is 0. The van der Waals surface area contributed by atoms with Crippen molar-refractivity contribution in [1.82, 2.24) is 14.9 Å². The van der Waals surface area contributed by atoms with Gasteiger partial charge < -0.3 is 16.0 Å². The van der Waals surface area contributed by atoms with Gasteiger partial charge in [0.25, 0.3) is 0 Å². The van der Waals surface area contributed by atoms with Crippen LogP contribution in [0.3, 0.4) is 0 Å². The van der Waals surface area contributed by atoms with Crippen LogP contribution in [0, 0.1) is 0 Å². The lowest BCUT2D eigenvalue weighted by molar-refractivity contribution is 0.337. The lowest BCUT2D eigenvalue weighted by Gasteiger charge is -2.31. The summed E-state index contributed by atoms with van der Waals surface area (Å²) >= 11 is 0. The van der Waals surface area contributed by atoms with Crippen molar-refractivity contribution in [2.75, 3.05) is 31.5 Å². The largest absolute Gasteiger partial charge is 0.370 e. The minimum Gasteiger partial charge on any atom is -0.370 e. The lowest BCUT2D eigenvalue weighted by Crippen LogP contribution is -2.35. The first-order valence-electron chi connectivity index (χ1n) is 7.85. The summed E-state index contributed by atoms with van der Waals surface area (Å²) in [6.07, 6.45) is 7.70. The molecule has 1 aromatic heterocycles. The van der Waals surface area contributed by atoms with Gasteiger partial charge in [-0.3, -0.25) is 0 Å². The third kappa shape index (κ3) is 3.46. The molecule has 20 heavy (non-hydrogen) atoms. The van der Waals surface area contributed by atoms with E-state index in [9.17, 15) is 0 Å². The molecule has 1 saturated heterocycles. The molecule has 1 aliphatic heterocycles. The van der Waals surface area contributed by atoms with Gasteiger partial charge in [0.1, 0.15) is 12.1 Å². The smallest absolute Gasteiger partial charge is 0.129 e. The second-order valence-corrected chi connectivity index (χ2v) is 6.09. The van der Waals surface area contributed by atoms with Crippen molar-refractivity contribution in [2.24, 2.45) is 5.73 Å². The quantitative estimate of drug-likeness (QED) is 0.772. The first-order valence-corrected chi connectivity index (χ1v) is 7.85. The van der Waals surface area contributed by atoms with Crippen LogP contribution in [0.15, 0.2) is 12.4 Å². The number of nitrogens with zero attached hydrogens (tertiary/aromatic N) is 3. The molecule has 0 spiro atoms. The number of hydrogen-bond donors (Lipinski definition) is 2. The van der Waals surface area contributed by atoms with Crippen LogP contribution in [0.2, 0.25) is 0 Å². The van der Waals surface area contributed by atoms with E-state index in [1.54, 1.807) is 6.33 Å². The SMILES string of the molecule is NC1CC(c2cc(NCCCN3CCCC3)ncn2)C1. The second kappa shape index (κ2) is 6.50. The van der Waals surface area contributed by atoms with E-state index in [0.29, 0.717) is 12.0 Å². The highest BCUT2D eigenvalue weighted by Crippen LogP contribution is 2.34. The predicted octanol–water partition coefficient (Wildman–Crippen LogP) is 1.58. The van der Waals surface area contributed by atoms with Crippen molar-refractivity contribution in [3.05, 3.63) is 18.1 Å². The molecular formula is C15H25N5. The first-order chi connectivity index (χ1) is 9.81. The standard InChI is InChI=1S/C15H25N5/c16-13-8-12(9-13)14-10-15(19-11-18-14)17-4-3-7-20-5-1-2-6-20/h10-13H,1-9,16H2,(H,17,18,19). The van der Waals surface area contributed by atoms with Crippen LogP contribution in [-0.2, 0) is 0 Å². The molecule has 2 heterocycles. The number of nitrogens with one attached hydrogen (secondary N) is 1. The molecule has 1 aromatic rings. The fourth-order valence-electron chi connectivity index (χ4n) is 3.12. The molecule has 0 unspecified atom stereocenters. The number of rotatable bonds is 6. The molecule has 2 fully saturated rings. The summed E-state index contributed by atoms with van der Waals surface area (Å²) in [6, 6.07) is 2.46. The molecule has 2 aliphatic rings. The fraction of sp³-hybridized carbons (Fsp3) is 0.733. The molecule has 3 rings (SSSR count). The number of aromatic nitrogens is 2. The van der Waals surface area contributed by atoms with Gasteiger partial charge >= 0.3 is 0 Å². The monoisotopic (exact) mass is 275 g/mol. The van der Waals surface area contributed by atoms with Gasteiger partial charge in [-0.15, -0.1) is 0 Å². The molecule has 0 atom stereocenters. The zero-order chi connectivity index (χ0) is 13.8. The van der Waals surface area contributed by atoms with Crippen LogP contribution in [0.25, 0.3) is 0 Å². The molecule has 3 N–H and O–H groups in total. The molecule has 0 amide bonds. The van der Waals surface area contributed by atoms with Gasteiger partial charge in [-0.2, -0.15) is 0 Å². The van der Waals surface area contributed by atoms with Gasteiger partial charge in [0.2, 0.25) is 0 Å². The van der Waals surface area contributed by atoms with Crippen molar-refractivity contribution in [1.29, 1.82) is 0 Å². The Morgan fingerprint density at radius 1 is 1.25 bits per heavy atom. The number of nitrogens with two attached hydrogens (primary N) is 1. The molecule has 0 aromatic carbocycles. The Balaban J connectivity index is 1.41. The molecule has 1 aliphatic carbocycles. The molecular weight excluding hydrogens is 250 g/mol. The van der Waals surface area contributed by atoms with E-state index in [1.807, 2.05) is 0 Å². The average Bonchev–Trinajstić information content (AvgIpc) is 2.94. The third-order valence-electron chi connectivity index (χ3n) is 4.44.